The molecule has 5 heteroatoms. The zero-order valence-corrected chi connectivity index (χ0v) is 12.6. The van der Waals surface area contributed by atoms with Crippen LogP contribution in [0.5, 0.6) is 11.5 Å². The Bertz CT molecular complexity index is 800. The highest BCUT2D eigenvalue weighted by Gasteiger charge is 2.12. The van der Waals surface area contributed by atoms with Gasteiger partial charge in [-0.2, -0.15) is 0 Å². The molecule has 1 aliphatic heterocycles. The average molecular weight is 308 g/mol. The fraction of sp³-hybridized carbons (Fsp3) is 0.222. The fourth-order valence-corrected chi connectivity index (χ4v) is 2.70. The number of ether oxygens (including phenoxy) is 2. The first-order chi connectivity index (χ1) is 11.4. The van der Waals surface area contributed by atoms with Gasteiger partial charge in [0.25, 0.3) is 0 Å². The molecule has 2 heterocycles. The average Bonchev–Trinajstić information content (AvgIpc) is 3.26. The van der Waals surface area contributed by atoms with Crippen LogP contribution in [0.25, 0.3) is 11.5 Å². The van der Waals surface area contributed by atoms with Gasteiger partial charge < -0.3 is 13.9 Å². The largest absolute Gasteiger partial charge is 0.493 e. The number of hydrogen-bond donors (Lipinski definition) is 0. The third-order valence-corrected chi connectivity index (χ3v) is 3.85. The van der Waals surface area contributed by atoms with E-state index >= 15 is 0 Å². The fourth-order valence-electron chi connectivity index (χ4n) is 2.70. The van der Waals surface area contributed by atoms with Gasteiger partial charge in [0.2, 0.25) is 12.3 Å². The first-order valence-corrected chi connectivity index (χ1v) is 7.62. The minimum absolute atomic E-state index is 0.495. The van der Waals surface area contributed by atoms with Crippen LogP contribution in [0.2, 0.25) is 0 Å². The van der Waals surface area contributed by atoms with Gasteiger partial charge in [-0.3, -0.25) is 0 Å². The summed E-state index contributed by atoms with van der Waals surface area (Å²) in [6.45, 7) is 1.41. The van der Waals surface area contributed by atoms with Crippen molar-refractivity contribution in [2.75, 3.05) is 13.2 Å². The lowest BCUT2D eigenvalue weighted by Gasteiger charge is -2.08. The molecule has 0 amide bonds. The molecule has 0 atom stereocenters. The SMILES string of the molecule is c1cc(OCCc2ccc3c(c2)CCO3)cc(-c2nnco2)c1. The van der Waals surface area contributed by atoms with Crippen LogP contribution in [0.4, 0.5) is 0 Å². The summed E-state index contributed by atoms with van der Waals surface area (Å²) in [5.74, 6) is 2.31. The Kier molecular flexibility index (Phi) is 3.68. The highest BCUT2D eigenvalue weighted by molar-refractivity contribution is 5.55. The van der Waals surface area contributed by atoms with E-state index in [1.165, 1.54) is 17.5 Å². The molecule has 23 heavy (non-hydrogen) atoms. The predicted octanol–water partition coefficient (Wildman–Crippen LogP) is 3.29. The van der Waals surface area contributed by atoms with Crippen molar-refractivity contribution in [2.24, 2.45) is 0 Å². The van der Waals surface area contributed by atoms with E-state index in [0.717, 1.165) is 36.5 Å². The maximum Gasteiger partial charge on any atom is 0.247 e. The lowest BCUT2D eigenvalue weighted by molar-refractivity contribution is 0.322. The van der Waals surface area contributed by atoms with Gasteiger partial charge in [-0.1, -0.05) is 18.2 Å². The van der Waals surface area contributed by atoms with Crippen molar-refractivity contribution in [3.63, 3.8) is 0 Å². The normalized spacial score (nSPS) is 12.7. The maximum absolute atomic E-state index is 5.85. The zero-order chi connectivity index (χ0) is 15.5. The van der Waals surface area contributed by atoms with Crippen molar-refractivity contribution in [3.8, 4) is 23.0 Å². The molecule has 1 aliphatic rings. The molecule has 1 aromatic heterocycles. The molecule has 3 aromatic rings. The molecular weight excluding hydrogens is 292 g/mol. The third kappa shape index (κ3) is 3.04. The first kappa shape index (κ1) is 13.8. The van der Waals surface area contributed by atoms with Gasteiger partial charge in [0.15, 0.2) is 0 Å². The van der Waals surface area contributed by atoms with Gasteiger partial charge in [0.05, 0.1) is 13.2 Å². The number of fused-ring (bicyclic) bond motifs is 1. The summed E-state index contributed by atoms with van der Waals surface area (Å²) in [6, 6.07) is 14.0. The summed E-state index contributed by atoms with van der Waals surface area (Å²) in [4.78, 5) is 0. The second kappa shape index (κ2) is 6.12. The van der Waals surface area contributed by atoms with E-state index in [9.17, 15) is 0 Å². The zero-order valence-electron chi connectivity index (χ0n) is 12.6. The Morgan fingerprint density at radius 2 is 2.13 bits per heavy atom. The number of aromatic nitrogens is 2. The van der Waals surface area contributed by atoms with Crippen LogP contribution in [0.1, 0.15) is 11.1 Å². The Balaban J connectivity index is 1.39. The summed E-state index contributed by atoms with van der Waals surface area (Å²) in [5.41, 5.74) is 3.41. The molecule has 0 N–H and O–H groups in total. The minimum atomic E-state index is 0.495. The highest BCUT2D eigenvalue weighted by atomic mass is 16.5. The molecule has 5 nitrogen and oxygen atoms in total. The number of nitrogens with zero attached hydrogens (tertiary/aromatic N) is 2. The van der Waals surface area contributed by atoms with E-state index < -0.39 is 0 Å². The summed E-state index contributed by atoms with van der Waals surface area (Å²) < 4.78 is 16.6. The van der Waals surface area contributed by atoms with Gasteiger partial charge in [-0.15, -0.1) is 10.2 Å². The molecule has 0 unspecified atom stereocenters. The number of rotatable bonds is 5. The van der Waals surface area contributed by atoms with E-state index in [-0.39, 0.29) is 0 Å². The van der Waals surface area contributed by atoms with Crippen molar-refractivity contribution < 1.29 is 13.9 Å². The van der Waals surface area contributed by atoms with Crippen LogP contribution in [0.3, 0.4) is 0 Å². The molecule has 116 valence electrons. The summed E-state index contributed by atoms with van der Waals surface area (Å²) in [7, 11) is 0. The number of hydrogen-bond acceptors (Lipinski definition) is 5. The topological polar surface area (TPSA) is 57.4 Å². The molecule has 0 aliphatic carbocycles. The summed E-state index contributed by atoms with van der Waals surface area (Å²) in [6.07, 6.45) is 3.18. The lowest BCUT2D eigenvalue weighted by Crippen LogP contribution is -2.01. The van der Waals surface area contributed by atoms with Crippen molar-refractivity contribution in [3.05, 3.63) is 60.0 Å². The second-order valence-electron chi connectivity index (χ2n) is 5.41. The predicted molar refractivity (Wildman–Crippen MR) is 84.6 cm³/mol. The van der Waals surface area contributed by atoms with Crippen molar-refractivity contribution in [1.82, 2.24) is 10.2 Å². The molecule has 0 radical (unpaired) electrons. The minimum Gasteiger partial charge on any atom is -0.493 e. The maximum atomic E-state index is 5.85. The summed E-state index contributed by atoms with van der Waals surface area (Å²) >= 11 is 0. The summed E-state index contributed by atoms with van der Waals surface area (Å²) in [5, 5.41) is 7.60. The van der Waals surface area contributed by atoms with Crippen molar-refractivity contribution in [1.29, 1.82) is 0 Å². The molecule has 0 saturated carbocycles. The van der Waals surface area contributed by atoms with E-state index in [1.54, 1.807) is 0 Å². The quantitative estimate of drug-likeness (QED) is 0.724. The van der Waals surface area contributed by atoms with Crippen molar-refractivity contribution in [2.45, 2.75) is 12.8 Å². The van der Waals surface area contributed by atoms with Gasteiger partial charge in [-0.25, -0.2) is 0 Å². The Morgan fingerprint density at radius 3 is 3.04 bits per heavy atom. The van der Waals surface area contributed by atoms with Crippen LogP contribution in [-0.4, -0.2) is 23.4 Å². The van der Waals surface area contributed by atoms with Crippen LogP contribution in [0.15, 0.2) is 53.3 Å². The monoisotopic (exact) mass is 308 g/mol. The third-order valence-electron chi connectivity index (χ3n) is 3.85. The molecule has 0 bridgehead atoms. The Morgan fingerprint density at radius 1 is 1.13 bits per heavy atom. The van der Waals surface area contributed by atoms with E-state index in [1.807, 2.05) is 30.3 Å². The molecular formula is C18H16N2O3. The van der Waals surface area contributed by atoms with Gasteiger partial charge in [-0.05, 0) is 35.4 Å². The lowest BCUT2D eigenvalue weighted by atomic mass is 10.1. The van der Waals surface area contributed by atoms with Crippen molar-refractivity contribution >= 4 is 0 Å². The first-order valence-electron chi connectivity index (χ1n) is 7.62. The standard InChI is InChI=1S/C18H16N2O3/c1-2-15(18-20-19-12-23-18)11-16(3-1)21-8-6-13-4-5-17-14(10-13)7-9-22-17/h1-5,10-12H,6-9H2. The molecule has 4 rings (SSSR count). The highest BCUT2D eigenvalue weighted by Crippen LogP contribution is 2.26. The smallest absolute Gasteiger partial charge is 0.247 e. The second-order valence-corrected chi connectivity index (χ2v) is 5.41. The van der Waals surface area contributed by atoms with Gasteiger partial charge >= 0.3 is 0 Å². The molecule has 0 saturated heterocycles. The Labute approximate surface area is 133 Å². The van der Waals surface area contributed by atoms with Crippen LogP contribution < -0.4 is 9.47 Å². The van der Waals surface area contributed by atoms with E-state index in [0.29, 0.717) is 12.5 Å². The number of benzene rings is 2. The molecule has 0 fully saturated rings. The van der Waals surface area contributed by atoms with Gasteiger partial charge in [0.1, 0.15) is 11.5 Å². The van der Waals surface area contributed by atoms with Crippen LogP contribution in [0, 0.1) is 0 Å². The van der Waals surface area contributed by atoms with E-state index in [2.05, 4.69) is 22.3 Å². The molecule has 2 aromatic carbocycles. The van der Waals surface area contributed by atoms with E-state index in [4.69, 9.17) is 13.9 Å². The molecule has 0 spiro atoms. The Hall–Kier alpha value is -2.82. The van der Waals surface area contributed by atoms with Gasteiger partial charge in [0, 0.05) is 18.4 Å². The van der Waals surface area contributed by atoms with Crippen LogP contribution >= 0.6 is 0 Å². The van der Waals surface area contributed by atoms with Crippen LogP contribution in [-0.2, 0) is 12.8 Å².